The van der Waals surface area contributed by atoms with Crippen molar-refractivity contribution in [2.24, 2.45) is 5.92 Å². The molecule has 0 aliphatic carbocycles. The summed E-state index contributed by atoms with van der Waals surface area (Å²) in [6.07, 6.45) is 0.361. The van der Waals surface area contributed by atoms with Gasteiger partial charge in [-0.15, -0.1) is 0 Å². The molecule has 0 aromatic heterocycles. The van der Waals surface area contributed by atoms with Crippen molar-refractivity contribution in [2.75, 3.05) is 0 Å². The van der Waals surface area contributed by atoms with Crippen molar-refractivity contribution in [1.82, 2.24) is 16.2 Å². The lowest BCUT2D eigenvalue weighted by Gasteiger charge is -2.20. The highest BCUT2D eigenvalue weighted by atomic mass is 35.5. The molecule has 9 heteroatoms. The smallest absolute Gasteiger partial charge is 0.269 e. The molecule has 1 atom stereocenters. The van der Waals surface area contributed by atoms with Crippen LogP contribution in [0.4, 0.5) is 0 Å². The maximum absolute atomic E-state index is 12.6. The molecule has 6 nitrogen and oxygen atoms in total. The minimum atomic E-state index is -0.875. The minimum Gasteiger partial charge on any atom is -0.340 e. The fourth-order valence-electron chi connectivity index (χ4n) is 2.49. The number of rotatable bonds is 6. The maximum atomic E-state index is 12.6. The van der Waals surface area contributed by atoms with E-state index in [1.807, 2.05) is 13.8 Å². The van der Waals surface area contributed by atoms with Gasteiger partial charge in [-0.2, -0.15) is 0 Å². The van der Waals surface area contributed by atoms with Crippen molar-refractivity contribution in [2.45, 2.75) is 26.3 Å². The zero-order chi connectivity index (χ0) is 21.6. The summed E-state index contributed by atoms with van der Waals surface area (Å²) in [5, 5.41) is 3.71. The number of nitrogens with one attached hydrogen (secondary N) is 3. The van der Waals surface area contributed by atoms with Crippen molar-refractivity contribution in [3.05, 3.63) is 68.7 Å². The van der Waals surface area contributed by atoms with Crippen molar-refractivity contribution in [3.63, 3.8) is 0 Å². The van der Waals surface area contributed by atoms with Crippen molar-refractivity contribution in [1.29, 1.82) is 0 Å². The molecule has 29 heavy (non-hydrogen) atoms. The molecule has 2 aromatic carbocycles. The molecule has 154 valence electrons. The van der Waals surface area contributed by atoms with Gasteiger partial charge >= 0.3 is 0 Å². The van der Waals surface area contributed by atoms with Crippen molar-refractivity contribution >= 4 is 52.5 Å². The van der Waals surface area contributed by atoms with Crippen LogP contribution >= 0.6 is 34.8 Å². The second-order valence-corrected chi connectivity index (χ2v) is 8.01. The Hall–Kier alpha value is -2.28. The van der Waals surface area contributed by atoms with E-state index in [4.69, 9.17) is 34.8 Å². The number of hydrogen-bond donors (Lipinski definition) is 3. The van der Waals surface area contributed by atoms with Gasteiger partial charge in [-0.3, -0.25) is 25.2 Å². The largest absolute Gasteiger partial charge is 0.340 e. The number of hydrogen-bond acceptors (Lipinski definition) is 3. The highest BCUT2D eigenvalue weighted by molar-refractivity contribution is 6.36. The van der Waals surface area contributed by atoms with Gasteiger partial charge in [0.05, 0.1) is 10.6 Å². The zero-order valence-electron chi connectivity index (χ0n) is 15.8. The maximum Gasteiger partial charge on any atom is 0.269 e. The molecule has 0 aliphatic heterocycles. The van der Waals surface area contributed by atoms with E-state index in [0.29, 0.717) is 22.0 Å². The summed E-state index contributed by atoms with van der Waals surface area (Å²) in [4.78, 5) is 37.2. The monoisotopic (exact) mass is 455 g/mol. The van der Waals surface area contributed by atoms with Gasteiger partial charge in [0, 0.05) is 15.6 Å². The van der Waals surface area contributed by atoms with Crippen LogP contribution in [0.15, 0.2) is 42.5 Å². The Morgan fingerprint density at radius 1 is 0.862 bits per heavy atom. The Labute approximate surface area is 183 Å². The van der Waals surface area contributed by atoms with Crippen LogP contribution in [0.25, 0.3) is 0 Å². The highest BCUT2D eigenvalue weighted by Gasteiger charge is 2.24. The first-order valence-corrected chi connectivity index (χ1v) is 9.92. The van der Waals surface area contributed by atoms with Gasteiger partial charge < -0.3 is 5.32 Å². The predicted molar refractivity (Wildman–Crippen MR) is 114 cm³/mol. The van der Waals surface area contributed by atoms with Crippen LogP contribution in [-0.2, 0) is 4.79 Å². The molecule has 0 radical (unpaired) electrons. The molecule has 0 aliphatic rings. The Balaban J connectivity index is 2.04. The summed E-state index contributed by atoms with van der Waals surface area (Å²) < 4.78 is 0. The Kier molecular flexibility index (Phi) is 8.32. The number of carbonyl (C=O) groups is 3. The summed E-state index contributed by atoms with van der Waals surface area (Å²) in [6, 6.07) is 9.77. The van der Waals surface area contributed by atoms with Crippen LogP contribution < -0.4 is 16.2 Å². The Bertz CT molecular complexity index is 902. The van der Waals surface area contributed by atoms with Crippen LogP contribution in [-0.4, -0.2) is 23.8 Å². The van der Waals surface area contributed by atoms with Crippen LogP contribution in [0, 0.1) is 5.92 Å². The fourth-order valence-corrected chi connectivity index (χ4v) is 3.11. The van der Waals surface area contributed by atoms with E-state index in [1.165, 1.54) is 30.3 Å². The van der Waals surface area contributed by atoms with E-state index in [1.54, 1.807) is 12.1 Å². The first-order chi connectivity index (χ1) is 13.7. The highest BCUT2D eigenvalue weighted by Crippen LogP contribution is 2.21. The summed E-state index contributed by atoms with van der Waals surface area (Å²) in [5.41, 5.74) is 5.19. The Morgan fingerprint density at radius 2 is 1.48 bits per heavy atom. The Morgan fingerprint density at radius 3 is 2.07 bits per heavy atom. The van der Waals surface area contributed by atoms with Crippen LogP contribution in [0.3, 0.4) is 0 Å². The number of halogens is 3. The first kappa shape index (κ1) is 23.0. The third-order valence-electron chi connectivity index (χ3n) is 3.91. The quantitative estimate of drug-likeness (QED) is 0.568. The van der Waals surface area contributed by atoms with Gasteiger partial charge in [0.2, 0.25) is 0 Å². The molecule has 3 amide bonds. The standard InChI is InChI=1S/C20H20Cl3N3O3/c1-11(2)9-17(24-19(28)15-8-7-14(22)10-16(15)23)20(29)26-25-18(27)12-3-5-13(21)6-4-12/h3-8,10-11,17H,9H2,1-2H3,(H,24,28)(H,25,27)(H,26,29). The summed E-state index contributed by atoms with van der Waals surface area (Å²) in [5.74, 6) is -1.47. The third kappa shape index (κ3) is 6.92. The summed E-state index contributed by atoms with van der Waals surface area (Å²) >= 11 is 17.7. The van der Waals surface area contributed by atoms with Gasteiger partial charge in [-0.1, -0.05) is 48.7 Å². The van der Waals surface area contributed by atoms with E-state index in [9.17, 15) is 14.4 Å². The average molecular weight is 457 g/mol. The van der Waals surface area contributed by atoms with E-state index in [0.717, 1.165) is 0 Å². The molecule has 0 heterocycles. The number of benzene rings is 2. The minimum absolute atomic E-state index is 0.110. The molecule has 0 saturated heterocycles. The molecular formula is C20H20Cl3N3O3. The van der Waals surface area contributed by atoms with Gasteiger partial charge in [0.25, 0.3) is 17.7 Å². The van der Waals surface area contributed by atoms with Gasteiger partial charge in [0.1, 0.15) is 6.04 Å². The number of carbonyl (C=O) groups excluding carboxylic acids is 3. The zero-order valence-corrected chi connectivity index (χ0v) is 18.0. The SMILES string of the molecule is CC(C)CC(NC(=O)c1ccc(Cl)cc1Cl)C(=O)NNC(=O)c1ccc(Cl)cc1. The lowest BCUT2D eigenvalue weighted by molar-refractivity contribution is -0.124. The molecule has 0 bridgehead atoms. The van der Waals surface area contributed by atoms with Gasteiger partial charge in [0.15, 0.2) is 0 Å². The van der Waals surface area contributed by atoms with Crippen LogP contribution in [0.5, 0.6) is 0 Å². The molecule has 2 rings (SSSR count). The average Bonchev–Trinajstić information content (AvgIpc) is 2.65. The third-order valence-corrected chi connectivity index (χ3v) is 4.71. The normalized spacial score (nSPS) is 11.7. The summed E-state index contributed by atoms with van der Waals surface area (Å²) in [7, 11) is 0. The second-order valence-electron chi connectivity index (χ2n) is 6.73. The molecule has 3 N–H and O–H groups in total. The molecule has 0 spiro atoms. The molecule has 1 unspecified atom stereocenters. The van der Waals surface area contributed by atoms with E-state index < -0.39 is 23.8 Å². The van der Waals surface area contributed by atoms with Crippen LogP contribution in [0.1, 0.15) is 41.0 Å². The van der Waals surface area contributed by atoms with Gasteiger partial charge in [-0.05, 0) is 54.8 Å². The van der Waals surface area contributed by atoms with E-state index in [2.05, 4.69) is 16.2 Å². The number of amides is 3. The lowest BCUT2D eigenvalue weighted by atomic mass is 10.0. The second kappa shape index (κ2) is 10.5. The number of hydrazine groups is 1. The molecule has 0 saturated carbocycles. The van der Waals surface area contributed by atoms with Gasteiger partial charge in [-0.25, -0.2) is 0 Å². The predicted octanol–water partition coefficient (Wildman–Crippen LogP) is 4.25. The topological polar surface area (TPSA) is 87.3 Å². The fraction of sp³-hybridized carbons (Fsp3) is 0.250. The van der Waals surface area contributed by atoms with Crippen molar-refractivity contribution in [3.8, 4) is 0 Å². The van der Waals surface area contributed by atoms with Crippen molar-refractivity contribution < 1.29 is 14.4 Å². The lowest BCUT2D eigenvalue weighted by Crippen LogP contribution is -2.52. The molecule has 0 fully saturated rings. The molecular weight excluding hydrogens is 437 g/mol. The first-order valence-electron chi connectivity index (χ1n) is 8.79. The molecule has 2 aromatic rings. The van der Waals surface area contributed by atoms with E-state index in [-0.39, 0.29) is 16.5 Å². The van der Waals surface area contributed by atoms with Crippen LogP contribution in [0.2, 0.25) is 15.1 Å². The van der Waals surface area contributed by atoms with E-state index >= 15 is 0 Å². The summed E-state index contributed by atoms with van der Waals surface area (Å²) in [6.45, 7) is 3.82.